The van der Waals surface area contributed by atoms with Crippen LogP contribution in [0.3, 0.4) is 0 Å². The number of hydrogen-bond donors (Lipinski definition) is 0. The Morgan fingerprint density at radius 2 is 1.30 bits per heavy atom. The van der Waals surface area contributed by atoms with Gasteiger partial charge in [0.15, 0.2) is 0 Å². The van der Waals surface area contributed by atoms with Crippen molar-refractivity contribution in [1.29, 1.82) is 0 Å². The van der Waals surface area contributed by atoms with Crippen LogP contribution in [-0.4, -0.2) is 20.9 Å². The van der Waals surface area contributed by atoms with Gasteiger partial charge in [-0.3, -0.25) is 4.79 Å². The lowest BCUT2D eigenvalue weighted by molar-refractivity contribution is 0.0886. The number of unbranched alkanes of at least 4 members (excludes halogenated alkanes) is 13. The number of carbonyl (C=O) groups excluding carboxylic acids is 1. The molecule has 1 heterocycles. The van der Waals surface area contributed by atoms with Crippen LogP contribution in [0, 0.1) is 0 Å². The van der Waals surface area contributed by atoms with Crippen LogP contribution in [0.1, 0.15) is 108 Å². The molecule has 150 valence electrons. The second kappa shape index (κ2) is 13.5. The predicted octanol–water partition coefficient (Wildman–Crippen LogP) is 6.94. The number of para-hydroxylation sites is 1. The van der Waals surface area contributed by atoms with Crippen molar-refractivity contribution in [3.63, 3.8) is 0 Å². The zero-order chi connectivity index (χ0) is 19.2. The Balaban J connectivity index is 1.42. The van der Waals surface area contributed by atoms with E-state index >= 15 is 0 Å². The highest BCUT2D eigenvalue weighted by Gasteiger charge is 2.10. The lowest BCUT2D eigenvalue weighted by Gasteiger charge is -2.03. The van der Waals surface area contributed by atoms with E-state index in [1.165, 1.54) is 81.7 Å². The van der Waals surface area contributed by atoms with Gasteiger partial charge in [0.2, 0.25) is 5.91 Å². The Morgan fingerprint density at radius 1 is 0.778 bits per heavy atom. The molecule has 0 aliphatic rings. The number of hydrogen-bond acceptors (Lipinski definition) is 3. The molecule has 1 aromatic carbocycles. The average molecular weight is 372 g/mol. The summed E-state index contributed by atoms with van der Waals surface area (Å²) in [6.45, 7) is 2.27. The van der Waals surface area contributed by atoms with Crippen molar-refractivity contribution in [1.82, 2.24) is 15.0 Å². The highest BCUT2D eigenvalue weighted by molar-refractivity contribution is 5.88. The van der Waals surface area contributed by atoms with Crippen LogP contribution < -0.4 is 0 Å². The summed E-state index contributed by atoms with van der Waals surface area (Å²) in [7, 11) is 0. The summed E-state index contributed by atoms with van der Waals surface area (Å²) in [5.41, 5.74) is 1.60. The molecule has 0 radical (unpaired) electrons. The normalized spacial score (nSPS) is 11.3. The zero-order valence-electron chi connectivity index (χ0n) is 17.2. The standard InChI is InChI=1S/C23H37N3O/c1-2-3-4-5-6-7-8-9-10-11-12-13-14-15-20-23(27)26-22-19-17-16-18-21(22)24-25-26/h16-19H,2-15,20H2,1H3. The highest BCUT2D eigenvalue weighted by atomic mass is 16.2. The molecule has 0 aliphatic heterocycles. The molecule has 0 saturated heterocycles. The molecule has 0 N–H and O–H groups in total. The third-order valence-corrected chi connectivity index (χ3v) is 5.33. The van der Waals surface area contributed by atoms with Crippen molar-refractivity contribution in [3.05, 3.63) is 24.3 Å². The number of carbonyl (C=O) groups is 1. The third kappa shape index (κ3) is 8.23. The largest absolute Gasteiger partial charge is 0.273 e. The quantitative estimate of drug-likeness (QED) is 0.318. The monoisotopic (exact) mass is 371 g/mol. The van der Waals surface area contributed by atoms with Crippen LogP contribution in [0.15, 0.2) is 24.3 Å². The first-order valence-corrected chi connectivity index (χ1v) is 11.2. The molecule has 0 aliphatic carbocycles. The molecular formula is C23H37N3O. The molecule has 2 aromatic rings. The van der Waals surface area contributed by atoms with Gasteiger partial charge in [0.1, 0.15) is 5.52 Å². The van der Waals surface area contributed by atoms with E-state index in [0.717, 1.165) is 23.9 Å². The summed E-state index contributed by atoms with van der Waals surface area (Å²) in [6.07, 6.45) is 19.1. The van der Waals surface area contributed by atoms with E-state index in [9.17, 15) is 4.79 Å². The Bertz CT molecular complexity index is 650. The Morgan fingerprint density at radius 3 is 1.89 bits per heavy atom. The molecule has 4 heteroatoms. The van der Waals surface area contributed by atoms with E-state index in [2.05, 4.69) is 17.2 Å². The van der Waals surface area contributed by atoms with Gasteiger partial charge in [0, 0.05) is 6.42 Å². The fourth-order valence-electron chi connectivity index (χ4n) is 3.63. The summed E-state index contributed by atoms with van der Waals surface area (Å²) < 4.78 is 1.46. The van der Waals surface area contributed by atoms with Crippen molar-refractivity contribution in [2.24, 2.45) is 0 Å². The van der Waals surface area contributed by atoms with Gasteiger partial charge in [0.05, 0.1) is 5.52 Å². The third-order valence-electron chi connectivity index (χ3n) is 5.33. The molecular weight excluding hydrogens is 334 g/mol. The molecule has 0 atom stereocenters. The first-order valence-electron chi connectivity index (χ1n) is 11.2. The molecule has 0 fully saturated rings. The predicted molar refractivity (Wildman–Crippen MR) is 113 cm³/mol. The Hall–Kier alpha value is -1.71. The number of benzene rings is 1. The summed E-state index contributed by atoms with van der Waals surface area (Å²) >= 11 is 0. The molecule has 1 aromatic heterocycles. The van der Waals surface area contributed by atoms with Gasteiger partial charge in [-0.1, -0.05) is 108 Å². The van der Waals surface area contributed by atoms with Gasteiger partial charge in [-0.25, -0.2) is 0 Å². The van der Waals surface area contributed by atoms with Crippen molar-refractivity contribution < 1.29 is 4.79 Å². The molecule has 0 amide bonds. The molecule has 0 saturated carbocycles. The Kier molecular flexibility index (Phi) is 10.8. The second-order valence-corrected chi connectivity index (χ2v) is 7.73. The van der Waals surface area contributed by atoms with Crippen molar-refractivity contribution in [2.75, 3.05) is 0 Å². The average Bonchev–Trinajstić information content (AvgIpc) is 3.12. The second-order valence-electron chi connectivity index (χ2n) is 7.73. The lowest BCUT2D eigenvalue weighted by Crippen LogP contribution is -2.12. The van der Waals surface area contributed by atoms with Gasteiger partial charge < -0.3 is 0 Å². The minimum absolute atomic E-state index is 0.0580. The van der Waals surface area contributed by atoms with E-state index in [0.29, 0.717) is 6.42 Å². The summed E-state index contributed by atoms with van der Waals surface area (Å²) in [6, 6.07) is 7.62. The molecule has 0 bridgehead atoms. The van der Waals surface area contributed by atoms with Crippen molar-refractivity contribution in [3.8, 4) is 0 Å². The van der Waals surface area contributed by atoms with E-state index in [-0.39, 0.29) is 5.91 Å². The van der Waals surface area contributed by atoms with Crippen molar-refractivity contribution >= 4 is 16.9 Å². The summed E-state index contributed by atoms with van der Waals surface area (Å²) in [4.78, 5) is 12.3. The maximum Gasteiger partial charge on any atom is 0.248 e. The van der Waals surface area contributed by atoms with E-state index in [4.69, 9.17) is 0 Å². The zero-order valence-corrected chi connectivity index (χ0v) is 17.2. The number of rotatable bonds is 15. The molecule has 4 nitrogen and oxygen atoms in total. The summed E-state index contributed by atoms with van der Waals surface area (Å²) in [5.74, 6) is 0.0580. The summed E-state index contributed by atoms with van der Waals surface area (Å²) in [5, 5.41) is 8.05. The SMILES string of the molecule is CCCCCCCCCCCCCCCCC(=O)n1nnc2ccccc21. The van der Waals surface area contributed by atoms with Crippen LogP contribution in [0.25, 0.3) is 11.0 Å². The Labute approximate surface area is 164 Å². The molecule has 0 unspecified atom stereocenters. The van der Waals surface area contributed by atoms with Crippen LogP contribution >= 0.6 is 0 Å². The molecule has 2 rings (SSSR count). The first kappa shape index (κ1) is 21.6. The van der Waals surface area contributed by atoms with Gasteiger partial charge in [-0.2, -0.15) is 4.68 Å². The van der Waals surface area contributed by atoms with Crippen LogP contribution in [0.2, 0.25) is 0 Å². The number of nitrogens with zero attached hydrogens (tertiary/aromatic N) is 3. The highest BCUT2D eigenvalue weighted by Crippen LogP contribution is 2.14. The smallest absolute Gasteiger partial charge is 0.248 e. The number of fused-ring (bicyclic) bond motifs is 1. The van der Waals surface area contributed by atoms with Gasteiger partial charge >= 0.3 is 0 Å². The minimum atomic E-state index is 0.0580. The van der Waals surface area contributed by atoms with E-state index in [1.807, 2.05) is 24.3 Å². The fraction of sp³-hybridized carbons (Fsp3) is 0.696. The van der Waals surface area contributed by atoms with Gasteiger partial charge in [0.25, 0.3) is 0 Å². The number of aromatic nitrogens is 3. The van der Waals surface area contributed by atoms with Crippen LogP contribution in [0.5, 0.6) is 0 Å². The fourth-order valence-corrected chi connectivity index (χ4v) is 3.63. The van der Waals surface area contributed by atoms with Crippen LogP contribution in [0.4, 0.5) is 0 Å². The molecule has 27 heavy (non-hydrogen) atoms. The van der Waals surface area contributed by atoms with Gasteiger partial charge in [-0.05, 0) is 18.6 Å². The van der Waals surface area contributed by atoms with Crippen LogP contribution in [-0.2, 0) is 0 Å². The first-order chi connectivity index (χ1) is 13.3. The van der Waals surface area contributed by atoms with E-state index in [1.54, 1.807) is 0 Å². The van der Waals surface area contributed by atoms with Gasteiger partial charge in [-0.15, -0.1) is 5.10 Å². The maximum atomic E-state index is 12.3. The molecule has 0 spiro atoms. The van der Waals surface area contributed by atoms with E-state index < -0.39 is 0 Å². The topological polar surface area (TPSA) is 47.8 Å². The van der Waals surface area contributed by atoms with Crippen molar-refractivity contribution in [2.45, 2.75) is 103 Å². The maximum absolute atomic E-state index is 12.3. The minimum Gasteiger partial charge on any atom is -0.273 e. The lowest BCUT2D eigenvalue weighted by atomic mass is 10.0.